The van der Waals surface area contributed by atoms with Gasteiger partial charge in [0, 0.05) is 35.8 Å². The lowest BCUT2D eigenvalue weighted by Crippen LogP contribution is -2.25. The summed E-state index contributed by atoms with van der Waals surface area (Å²) >= 11 is 14.1. The molecule has 2 unspecified atom stereocenters. The molecule has 6 heteroatoms. The highest BCUT2D eigenvalue weighted by molar-refractivity contribution is 7.10. The van der Waals surface area contributed by atoms with Crippen LogP contribution in [0.5, 0.6) is 0 Å². The lowest BCUT2D eigenvalue weighted by Gasteiger charge is -2.30. The van der Waals surface area contributed by atoms with Crippen LogP contribution in [0.15, 0.2) is 54.2 Å². The Balaban J connectivity index is 0.00000196. The molecular formula is C20H19Cl3N2S. The molecule has 26 heavy (non-hydrogen) atoms. The van der Waals surface area contributed by atoms with E-state index in [1.165, 1.54) is 21.6 Å². The van der Waals surface area contributed by atoms with Gasteiger partial charge in [0.05, 0.1) is 10.0 Å². The molecule has 3 aromatic rings. The predicted molar refractivity (Wildman–Crippen MR) is 113 cm³/mol. The van der Waals surface area contributed by atoms with Crippen molar-refractivity contribution in [3.63, 3.8) is 0 Å². The van der Waals surface area contributed by atoms with Crippen molar-refractivity contribution in [2.45, 2.75) is 31.3 Å². The van der Waals surface area contributed by atoms with E-state index in [0.717, 1.165) is 19.4 Å². The van der Waals surface area contributed by atoms with Crippen molar-refractivity contribution in [1.29, 1.82) is 0 Å². The molecule has 2 nitrogen and oxygen atoms in total. The van der Waals surface area contributed by atoms with Crippen molar-refractivity contribution < 1.29 is 0 Å². The Bertz CT molecular complexity index is 867. The van der Waals surface area contributed by atoms with Gasteiger partial charge >= 0.3 is 0 Å². The highest BCUT2D eigenvalue weighted by Gasteiger charge is 2.29. The van der Waals surface area contributed by atoms with Crippen LogP contribution in [-0.4, -0.2) is 4.98 Å². The average molecular weight is 426 g/mol. The van der Waals surface area contributed by atoms with Crippen molar-refractivity contribution in [3.05, 3.63) is 85.8 Å². The molecule has 2 atom stereocenters. The van der Waals surface area contributed by atoms with Crippen LogP contribution in [0.4, 0.5) is 0 Å². The van der Waals surface area contributed by atoms with Crippen LogP contribution in [0, 0.1) is 0 Å². The van der Waals surface area contributed by atoms with E-state index >= 15 is 0 Å². The first-order chi connectivity index (χ1) is 12.2. The third-order valence-electron chi connectivity index (χ3n) is 4.81. The number of nitrogens with one attached hydrogen (secondary N) is 1. The Kier molecular flexibility index (Phi) is 6.60. The summed E-state index contributed by atoms with van der Waals surface area (Å²) in [6.07, 6.45) is 5.90. The maximum atomic E-state index is 6.23. The Morgan fingerprint density at radius 2 is 1.85 bits per heavy atom. The molecule has 1 aliphatic carbocycles. The lowest BCUT2D eigenvalue weighted by molar-refractivity contribution is 0.444. The van der Waals surface area contributed by atoms with Gasteiger partial charge in [-0.2, -0.15) is 0 Å². The van der Waals surface area contributed by atoms with Gasteiger partial charge in [0.25, 0.3) is 0 Å². The Morgan fingerprint density at radius 1 is 1.04 bits per heavy atom. The zero-order valence-electron chi connectivity index (χ0n) is 14.0. The van der Waals surface area contributed by atoms with Gasteiger partial charge in [-0.1, -0.05) is 29.3 Å². The first-order valence-corrected chi connectivity index (χ1v) is 10.0. The SMILES string of the molecule is Cl.Clc1ccc(C2CCC(NCc3ccncc3)c3ccsc32)cc1Cl. The minimum absolute atomic E-state index is 0. The zero-order chi connectivity index (χ0) is 17.2. The van der Waals surface area contributed by atoms with Crippen LogP contribution in [0.25, 0.3) is 0 Å². The topological polar surface area (TPSA) is 24.9 Å². The minimum atomic E-state index is 0. The molecule has 0 amide bonds. The summed E-state index contributed by atoms with van der Waals surface area (Å²) in [4.78, 5) is 5.52. The second-order valence-corrected chi connectivity index (χ2v) is 8.09. The molecule has 1 N–H and O–H groups in total. The third-order valence-corrected chi connectivity index (χ3v) is 6.60. The summed E-state index contributed by atoms with van der Waals surface area (Å²) in [5, 5.41) is 7.15. The molecule has 0 saturated carbocycles. The number of pyridine rings is 1. The molecule has 0 spiro atoms. The van der Waals surface area contributed by atoms with Gasteiger partial charge in [-0.3, -0.25) is 4.98 Å². The number of fused-ring (bicyclic) bond motifs is 1. The van der Waals surface area contributed by atoms with E-state index in [2.05, 4.69) is 39.9 Å². The van der Waals surface area contributed by atoms with E-state index in [9.17, 15) is 0 Å². The normalized spacial score (nSPS) is 18.8. The predicted octanol–water partition coefficient (Wildman–Crippen LogP) is 6.63. The van der Waals surface area contributed by atoms with E-state index in [0.29, 0.717) is 22.0 Å². The first kappa shape index (κ1) is 19.7. The van der Waals surface area contributed by atoms with Crippen LogP contribution in [0.3, 0.4) is 0 Å². The van der Waals surface area contributed by atoms with Crippen LogP contribution in [0.2, 0.25) is 10.0 Å². The summed E-state index contributed by atoms with van der Waals surface area (Å²) in [6, 6.07) is 12.8. The van der Waals surface area contributed by atoms with Gasteiger partial charge < -0.3 is 5.32 Å². The molecule has 0 radical (unpaired) electrons. The molecule has 1 aliphatic rings. The number of thiophene rings is 1. The number of aromatic nitrogens is 1. The summed E-state index contributed by atoms with van der Waals surface area (Å²) in [5.74, 6) is 0.406. The summed E-state index contributed by atoms with van der Waals surface area (Å²) in [7, 11) is 0. The van der Waals surface area contributed by atoms with Gasteiger partial charge in [-0.15, -0.1) is 23.7 Å². The lowest BCUT2D eigenvalue weighted by atomic mass is 9.82. The van der Waals surface area contributed by atoms with Crippen molar-refractivity contribution in [1.82, 2.24) is 10.3 Å². The van der Waals surface area contributed by atoms with Crippen molar-refractivity contribution in [2.75, 3.05) is 0 Å². The average Bonchev–Trinajstić information content (AvgIpc) is 3.13. The number of hydrogen-bond donors (Lipinski definition) is 1. The van der Waals surface area contributed by atoms with Crippen molar-refractivity contribution in [2.24, 2.45) is 0 Å². The van der Waals surface area contributed by atoms with Gasteiger partial charge in [-0.05, 0) is 65.2 Å². The van der Waals surface area contributed by atoms with E-state index in [1.807, 2.05) is 35.9 Å². The molecule has 2 aromatic heterocycles. The van der Waals surface area contributed by atoms with E-state index < -0.39 is 0 Å². The fourth-order valence-electron chi connectivity index (χ4n) is 3.52. The quantitative estimate of drug-likeness (QED) is 0.507. The fourth-order valence-corrected chi connectivity index (χ4v) is 4.96. The Morgan fingerprint density at radius 3 is 2.62 bits per heavy atom. The standard InChI is InChI=1S/C20H18Cl2N2S.ClH/c21-17-3-1-14(11-18(17)22)15-2-4-19(16-7-10-25-20(15)16)24-12-13-5-8-23-9-6-13;/h1,3,5-11,15,19,24H,2,4,12H2;1H. The highest BCUT2D eigenvalue weighted by atomic mass is 35.5. The highest BCUT2D eigenvalue weighted by Crippen LogP contribution is 2.45. The molecule has 136 valence electrons. The van der Waals surface area contributed by atoms with Gasteiger partial charge in [-0.25, -0.2) is 0 Å². The molecule has 0 bridgehead atoms. The van der Waals surface area contributed by atoms with E-state index in [1.54, 1.807) is 0 Å². The van der Waals surface area contributed by atoms with E-state index in [4.69, 9.17) is 23.2 Å². The largest absolute Gasteiger partial charge is 0.306 e. The van der Waals surface area contributed by atoms with Crippen LogP contribution in [-0.2, 0) is 6.54 Å². The van der Waals surface area contributed by atoms with Crippen LogP contribution < -0.4 is 5.32 Å². The van der Waals surface area contributed by atoms with Crippen LogP contribution >= 0.6 is 46.9 Å². The molecule has 2 heterocycles. The number of nitrogens with zero attached hydrogens (tertiary/aromatic N) is 1. The molecule has 4 rings (SSSR count). The van der Waals surface area contributed by atoms with Gasteiger partial charge in [0.15, 0.2) is 0 Å². The number of halogens is 3. The Hall–Kier alpha value is -1.10. The van der Waals surface area contributed by atoms with Crippen molar-refractivity contribution in [3.8, 4) is 0 Å². The summed E-state index contributed by atoms with van der Waals surface area (Å²) in [6.45, 7) is 0.861. The maximum Gasteiger partial charge on any atom is 0.0595 e. The molecule has 1 aromatic carbocycles. The molecule has 0 fully saturated rings. The minimum Gasteiger partial charge on any atom is -0.306 e. The first-order valence-electron chi connectivity index (χ1n) is 8.37. The molecular weight excluding hydrogens is 407 g/mol. The number of hydrogen-bond acceptors (Lipinski definition) is 3. The Labute approximate surface area is 174 Å². The number of rotatable bonds is 4. The molecule has 0 aliphatic heterocycles. The number of benzene rings is 1. The van der Waals surface area contributed by atoms with Crippen molar-refractivity contribution >= 4 is 46.9 Å². The maximum absolute atomic E-state index is 6.23. The second kappa shape index (κ2) is 8.73. The smallest absolute Gasteiger partial charge is 0.0595 e. The molecule has 0 saturated heterocycles. The monoisotopic (exact) mass is 424 g/mol. The fraction of sp³-hybridized carbons (Fsp3) is 0.250. The summed E-state index contributed by atoms with van der Waals surface area (Å²) in [5.41, 5.74) is 3.94. The third kappa shape index (κ3) is 4.08. The van der Waals surface area contributed by atoms with Gasteiger partial charge in [0.1, 0.15) is 0 Å². The van der Waals surface area contributed by atoms with Gasteiger partial charge in [0.2, 0.25) is 0 Å². The zero-order valence-corrected chi connectivity index (χ0v) is 17.1. The van der Waals surface area contributed by atoms with Crippen LogP contribution in [0.1, 0.15) is 46.4 Å². The second-order valence-electron chi connectivity index (χ2n) is 6.33. The summed E-state index contributed by atoms with van der Waals surface area (Å²) < 4.78 is 0. The van der Waals surface area contributed by atoms with E-state index in [-0.39, 0.29) is 12.4 Å².